The van der Waals surface area contributed by atoms with Gasteiger partial charge in [-0.05, 0) is 13.0 Å². The third-order valence-electron chi connectivity index (χ3n) is 11.5. The summed E-state index contributed by atoms with van der Waals surface area (Å²) in [7, 11) is 0. The molecule has 0 spiro atoms. The topological polar surface area (TPSA) is 355 Å². The Bertz CT molecular complexity index is 1510. The highest BCUT2D eigenvalue weighted by Crippen LogP contribution is 1.93. The lowest BCUT2D eigenvalue weighted by molar-refractivity contribution is -0.139. The number of hydrogen-bond donors (Lipinski definition) is 4. The number of ketones is 1. The van der Waals surface area contributed by atoms with Gasteiger partial charge in [0.05, 0.1) is 330 Å². The molecule has 0 radical (unpaired) electrons. The number of ether oxygens (including phenoxy) is 25. The standard InChI is InChI=1S/C61H119N3O30/c65-58-64-61(69)59(66)2-5-63-7-6-62-4-1-8-70-10-12-72-14-16-74-18-20-76-22-24-78-26-28-80-30-32-82-34-36-84-38-40-86-42-44-88-46-48-90-50-52-92-54-56-94-57-55-93-53-51-91-49-47-89-45-43-87-41-39-85-37-35-83-33-31-81-29-27-79-25-23-77-21-19-75-17-15-73-13-11-71-9-3-60(67)68/h58,62-63H,1-57H2,(H,67,68)(H,64,65,69). The molecule has 0 fully saturated rings. The summed E-state index contributed by atoms with van der Waals surface area (Å²) in [5.41, 5.74) is 0. The summed E-state index contributed by atoms with van der Waals surface area (Å²) in [5.74, 6) is -2.39. The van der Waals surface area contributed by atoms with Gasteiger partial charge in [0.15, 0.2) is 0 Å². The fourth-order valence-electron chi connectivity index (χ4n) is 6.71. The number of hydrogen-bond acceptors (Lipinski definition) is 31. The summed E-state index contributed by atoms with van der Waals surface area (Å²) >= 11 is 0. The van der Waals surface area contributed by atoms with Crippen LogP contribution in [0, 0.1) is 0 Å². The second-order valence-corrected chi connectivity index (χ2v) is 19.1. The number of amides is 2. The lowest BCUT2D eigenvalue weighted by atomic mass is 10.2. The van der Waals surface area contributed by atoms with Crippen LogP contribution >= 0.6 is 0 Å². The molecule has 0 heterocycles. The predicted molar refractivity (Wildman–Crippen MR) is 337 cm³/mol. The van der Waals surface area contributed by atoms with Crippen molar-refractivity contribution in [2.75, 3.05) is 357 Å². The molecular weight excluding hydrogens is 1250 g/mol. The van der Waals surface area contributed by atoms with Gasteiger partial charge in [-0.1, -0.05) is 0 Å². The zero-order valence-electron chi connectivity index (χ0n) is 56.2. The van der Waals surface area contributed by atoms with Crippen molar-refractivity contribution in [3.05, 3.63) is 0 Å². The Balaban J connectivity index is 3.10. The number of nitrogens with one attached hydrogen (secondary N) is 3. The molecule has 94 heavy (non-hydrogen) atoms. The average Bonchev–Trinajstić information content (AvgIpc) is 3.76. The number of carbonyl (C=O) groups is 4. The van der Waals surface area contributed by atoms with Crippen molar-refractivity contribution in [1.29, 1.82) is 0 Å². The molecule has 2 amide bonds. The van der Waals surface area contributed by atoms with E-state index in [1.807, 2.05) is 5.32 Å². The zero-order chi connectivity index (χ0) is 67.5. The number of carboxylic acid groups (broad SMARTS) is 1. The van der Waals surface area contributed by atoms with Crippen LogP contribution < -0.4 is 16.0 Å². The van der Waals surface area contributed by atoms with Gasteiger partial charge in [0.2, 0.25) is 12.2 Å². The Morgan fingerprint density at radius 3 is 0.574 bits per heavy atom. The van der Waals surface area contributed by atoms with E-state index < -0.39 is 17.7 Å². The second-order valence-electron chi connectivity index (χ2n) is 19.1. The van der Waals surface area contributed by atoms with Crippen LogP contribution in [0.25, 0.3) is 0 Å². The highest BCUT2D eigenvalue weighted by molar-refractivity contribution is 6.37. The molecule has 558 valence electrons. The van der Waals surface area contributed by atoms with Gasteiger partial charge in [-0.25, -0.2) is 0 Å². The van der Waals surface area contributed by atoms with Crippen molar-refractivity contribution in [1.82, 2.24) is 16.0 Å². The van der Waals surface area contributed by atoms with Crippen molar-refractivity contribution < 1.29 is 143 Å². The van der Waals surface area contributed by atoms with Gasteiger partial charge in [-0.3, -0.25) is 24.5 Å². The van der Waals surface area contributed by atoms with Crippen LogP contribution in [-0.2, 0) is 138 Å². The molecule has 0 aliphatic carbocycles. The van der Waals surface area contributed by atoms with Crippen molar-refractivity contribution in [2.45, 2.75) is 19.3 Å². The SMILES string of the molecule is O=CNC(=O)C(=O)CCNCCNCCCOCCOCCOCCOCCOCCOCCOCCOCCOCCOCCOCCOCCOCCOCCOCCOCCOCCOCCOCCOCCOCCOCCOCCOCCOCCC(=O)O. The highest BCUT2D eigenvalue weighted by Gasteiger charge is 2.11. The Morgan fingerprint density at radius 2 is 0.394 bits per heavy atom. The average molecular weight is 1370 g/mol. The number of imide groups is 1. The van der Waals surface area contributed by atoms with E-state index in [0.717, 1.165) is 19.5 Å². The second kappa shape index (κ2) is 84.4. The molecule has 33 heteroatoms. The molecule has 0 aromatic rings. The summed E-state index contributed by atoms with van der Waals surface area (Å²) in [4.78, 5) is 43.1. The first kappa shape index (κ1) is 91.2. The molecule has 0 bridgehead atoms. The van der Waals surface area contributed by atoms with Gasteiger partial charge in [0.25, 0.3) is 5.91 Å². The minimum absolute atomic E-state index is 0.0123. The Labute approximate surface area is 557 Å². The monoisotopic (exact) mass is 1370 g/mol. The lowest BCUT2D eigenvalue weighted by Crippen LogP contribution is -2.33. The number of rotatable bonds is 87. The van der Waals surface area contributed by atoms with Gasteiger partial charge in [-0.15, -0.1) is 0 Å². The van der Waals surface area contributed by atoms with Crippen molar-refractivity contribution in [2.24, 2.45) is 0 Å². The Morgan fingerprint density at radius 1 is 0.223 bits per heavy atom. The summed E-state index contributed by atoms with van der Waals surface area (Å²) < 4.78 is 137. The molecule has 0 rings (SSSR count). The van der Waals surface area contributed by atoms with E-state index in [0.29, 0.717) is 337 Å². The summed E-state index contributed by atoms with van der Waals surface area (Å²) in [5, 5.41) is 16.7. The number of Topliss-reactive ketones (excluding diaryl/α,β-unsaturated/α-hetero) is 1. The maximum absolute atomic E-state index is 11.4. The minimum atomic E-state index is -0.886. The van der Waals surface area contributed by atoms with Crippen molar-refractivity contribution in [3.63, 3.8) is 0 Å². The van der Waals surface area contributed by atoms with Crippen LogP contribution in [-0.4, -0.2) is 386 Å². The maximum Gasteiger partial charge on any atom is 0.305 e. The van der Waals surface area contributed by atoms with Crippen LogP contribution in [0.4, 0.5) is 0 Å². The molecule has 0 saturated heterocycles. The fourth-order valence-corrected chi connectivity index (χ4v) is 6.71. The van der Waals surface area contributed by atoms with Crippen LogP contribution in [0.2, 0.25) is 0 Å². The first-order valence-electron chi connectivity index (χ1n) is 32.9. The van der Waals surface area contributed by atoms with Gasteiger partial charge in [0.1, 0.15) is 0 Å². The Kier molecular flexibility index (Phi) is 81.9. The molecule has 0 saturated carbocycles. The lowest BCUT2D eigenvalue weighted by Gasteiger charge is -2.09. The highest BCUT2D eigenvalue weighted by atomic mass is 16.6. The molecule has 0 aromatic heterocycles. The van der Waals surface area contributed by atoms with E-state index in [2.05, 4.69) is 10.6 Å². The molecule has 0 aliphatic heterocycles. The zero-order valence-corrected chi connectivity index (χ0v) is 56.2. The molecule has 0 unspecified atom stereocenters. The van der Waals surface area contributed by atoms with E-state index in [1.54, 1.807) is 0 Å². The minimum Gasteiger partial charge on any atom is -0.481 e. The Hall–Kier alpha value is -2.80. The van der Waals surface area contributed by atoms with E-state index in [-0.39, 0.29) is 25.9 Å². The van der Waals surface area contributed by atoms with E-state index in [1.165, 1.54) is 0 Å². The predicted octanol–water partition coefficient (Wildman–Crippen LogP) is -1.32. The molecule has 0 aromatic carbocycles. The molecular formula is C61H119N3O30. The molecule has 4 N–H and O–H groups in total. The van der Waals surface area contributed by atoms with Gasteiger partial charge >= 0.3 is 5.97 Å². The van der Waals surface area contributed by atoms with E-state index in [4.69, 9.17) is 124 Å². The van der Waals surface area contributed by atoms with Gasteiger partial charge in [-0.2, -0.15) is 0 Å². The number of carbonyl (C=O) groups excluding carboxylic acids is 3. The fraction of sp³-hybridized carbons (Fsp3) is 0.934. The summed E-state index contributed by atoms with van der Waals surface area (Å²) in [6.07, 6.45) is 1.08. The van der Waals surface area contributed by atoms with Crippen molar-refractivity contribution in [3.8, 4) is 0 Å². The smallest absolute Gasteiger partial charge is 0.305 e. The molecule has 0 atom stereocenters. The normalized spacial score (nSPS) is 11.6. The van der Waals surface area contributed by atoms with Crippen molar-refractivity contribution >= 4 is 24.1 Å². The van der Waals surface area contributed by atoms with Gasteiger partial charge < -0.3 is 134 Å². The first-order valence-corrected chi connectivity index (χ1v) is 32.9. The number of carboxylic acids is 1. The third-order valence-corrected chi connectivity index (χ3v) is 11.5. The maximum atomic E-state index is 11.4. The summed E-state index contributed by atoms with van der Waals surface area (Å²) in [6, 6.07) is 0. The van der Waals surface area contributed by atoms with Crippen LogP contribution in [0.1, 0.15) is 19.3 Å². The molecule has 33 nitrogen and oxygen atoms in total. The quantitative estimate of drug-likeness (QED) is 0.0312. The van der Waals surface area contributed by atoms with Gasteiger partial charge in [0, 0.05) is 32.7 Å². The first-order chi connectivity index (χ1) is 46.6. The molecule has 0 aliphatic rings. The largest absolute Gasteiger partial charge is 0.481 e. The van der Waals surface area contributed by atoms with E-state index >= 15 is 0 Å². The summed E-state index contributed by atoms with van der Waals surface area (Å²) in [6.45, 7) is 25.8. The number of aliphatic carboxylic acids is 1. The van der Waals surface area contributed by atoms with Crippen LogP contribution in [0.15, 0.2) is 0 Å². The van der Waals surface area contributed by atoms with Crippen LogP contribution in [0.5, 0.6) is 0 Å². The van der Waals surface area contributed by atoms with Crippen LogP contribution in [0.3, 0.4) is 0 Å². The third kappa shape index (κ3) is 83.4. The van der Waals surface area contributed by atoms with E-state index in [9.17, 15) is 19.2 Å².